The molecular formula is C12H16N4OS2. The Morgan fingerprint density at radius 1 is 1.47 bits per heavy atom. The average Bonchev–Trinajstić information content (AvgIpc) is 2.90. The molecule has 0 aromatic carbocycles. The van der Waals surface area contributed by atoms with E-state index in [0.717, 1.165) is 27.7 Å². The zero-order chi connectivity index (χ0) is 13.8. The lowest BCUT2D eigenvalue weighted by Crippen LogP contribution is -2.15. The van der Waals surface area contributed by atoms with Gasteiger partial charge < -0.3 is 5.32 Å². The van der Waals surface area contributed by atoms with E-state index in [1.54, 1.807) is 23.1 Å². The molecule has 0 atom stereocenters. The number of hydrogen-bond acceptors (Lipinski definition) is 5. The monoisotopic (exact) mass is 296 g/mol. The molecule has 2 aromatic rings. The van der Waals surface area contributed by atoms with Crippen LogP contribution in [0.1, 0.15) is 22.0 Å². The number of anilines is 1. The van der Waals surface area contributed by atoms with Crippen molar-refractivity contribution in [1.29, 1.82) is 0 Å². The fourth-order valence-electron chi connectivity index (χ4n) is 1.50. The number of carbonyl (C=O) groups is 1. The summed E-state index contributed by atoms with van der Waals surface area (Å²) >= 11 is 3.19. The van der Waals surface area contributed by atoms with Crippen LogP contribution >= 0.6 is 23.1 Å². The van der Waals surface area contributed by atoms with Gasteiger partial charge in [0.1, 0.15) is 0 Å². The second kappa shape index (κ2) is 6.21. The van der Waals surface area contributed by atoms with Gasteiger partial charge in [-0.25, -0.2) is 4.98 Å². The molecule has 0 spiro atoms. The number of nitrogens with zero attached hydrogens (tertiary/aromatic N) is 2. The quantitative estimate of drug-likeness (QED) is 0.890. The van der Waals surface area contributed by atoms with Crippen LogP contribution < -0.4 is 5.32 Å². The molecule has 5 nitrogen and oxygen atoms in total. The highest BCUT2D eigenvalue weighted by molar-refractivity contribution is 7.99. The largest absolute Gasteiger partial charge is 0.308 e. The lowest BCUT2D eigenvalue weighted by atomic mass is 10.3. The number of amides is 1. The Bertz CT molecular complexity index is 576. The predicted octanol–water partition coefficient (Wildman–Crippen LogP) is 2.66. The third-order valence-corrected chi connectivity index (χ3v) is 4.45. The van der Waals surface area contributed by atoms with Crippen molar-refractivity contribution in [2.75, 3.05) is 11.1 Å². The van der Waals surface area contributed by atoms with E-state index >= 15 is 0 Å². The minimum atomic E-state index is -0.0356. The van der Waals surface area contributed by atoms with Crippen LogP contribution in [0.3, 0.4) is 0 Å². The lowest BCUT2D eigenvalue weighted by molar-refractivity contribution is -0.113. The van der Waals surface area contributed by atoms with Crippen molar-refractivity contribution in [1.82, 2.24) is 15.2 Å². The van der Waals surface area contributed by atoms with Gasteiger partial charge in [0, 0.05) is 22.4 Å². The van der Waals surface area contributed by atoms with Crippen molar-refractivity contribution >= 4 is 34.8 Å². The van der Waals surface area contributed by atoms with Gasteiger partial charge in [-0.3, -0.25) is 9.89 Å². The smallest absolute Gasteiger partial charge is 0.235 e. The molecule has 2 rings (SSSR count). The van der Waals surface area contributed by atoms with Crippen molar-refractivity contribution in [3.05, 3.63) is 27.3 Å². The summed E-state index contributed by atoms with van der Waals surface area (Å²) in [6, 6.07) is 0. The molecule has 0 unspecified atom stereocenters. The first kappa shape index (κ1) is 14.1. The van der Waals surface area contributed by atoms with Crippen molar-refractivity contribution in [2.24, 2.45) is 0 Å². The number of carbonyl (C=O) groups excluding carboxylic acids is 1. The molecule has 2 N–H and O–H groups in total. The maximum Gasteiger partial charge on any atom is 0.235 e. The Morgan fingerprint density at radius 3 is 2.84 bits per heavy atom. The summed E-state index contributed by atoms with van der Waals surface area (Å²) in [5.74, 6) is 1.75. The van der Waals surface area contributed by atoms with Crippen LogP contribution in [0.5, 0.6) is 0 Å². The zero-order valence-electron chi connectivity index (χ0n) is 11.1. The summed E-state index contributed by atoms with van der Waals surface area (Å²) < 4.78 is 0. The summed E-state index contributed by atoms with van der Waals surface area (Å²) in [4.78, 5) is 16.1. The van der Waals surface area contributed by atoms with E-state index < -0.39 is 0 Å². The van der Waals surface area contributed by atoms with Gasteiger partial charge in [0.05, 0.1) is 16.5 Å². The highest BCUT2D eigenvalue weighted by Crippen LogP contribution is 2.17. The second-order valence-corrected chi connectivity index (χ2v) is 6.27. The van der Waals surface area contributed by atoms with Crippen molar-refractivity contribution in [2.45, 2.75) is 26.5 Å². The van der Waals surface area contributed by atoms with E-state index in [-0.39, 0.29) is 5.91 Å². The first-order chi connectivity index (χ1) is 9.06. The third-order valence-electron chi connectivity index (χ3n) is 2.66. The number of nitrogens with one attached hydrogen (secondary N) is 2. The number of aromatic amines is 1. The maximum atomic E-state index is 11.8. The molecule has 0 radical (unpaired) electrons. The normalized spacial score (nSPS) is 10.7. The first-order valence-electron chi connectivity index (χ1n) is 5.86. The van der Waals surface area contributed by atoms with Crippen molar-refractivity contribution in [3.8, 4) is 0 Å². The Hall–Kier alpha value is -1.34. The first-order valence-corrected chi connectivity index (χ1v) is 7.90. The number of hydrogen-bond donors (Lipinski definition) is 2. The van der Waals surface area contributed by atoms with Crippen LogP contribution in [0.4, 0.5) is 5.82 Å². The predicted molar refractivity (Wildman–Crippen MR) is 79.7 cm³/mol. The molecule has 2 heterocycles. The van der Waals surface area contributed by atoms with Gasteiger partial charge in [0.15, 0.2) is 5.82 Å². The summed E-state index contributed by atoms with van der Waals surface area (Å²) in [6.45, 7) is 5.84. The summed E-state index contributed by atoms with van der Waals surface area (Å²) in [6.07, 6.45) is 0. The molecule has 0 fully saturated rings. The van der Waals surface area contributed by atoms with Gasteiger partial charge in [0.2, 0.25) is 5.91 Å². The van der Waals surface area contributed by atoms with Gasteiger partial charge in [0.25, 0.3) is 0 Å². The zero-order valence-corrected chi connectivity index (χ0v) is 12.7. The number of aryl methyl sites for hydroxylation is 2. The molecule has 1 amide bonds. The van der Waals surface area contributed by atoms with Crippen molar-refractivity contribution < 1.29 is 4.79 Å². The lowest BCUT2D eigenvalue weighted by Gasteiger charge is -2.02. The molecule has 7 heteroatoms. The molecule has 2 aromatic heterocycles. The topological polar surface area (TPSA) is 70.7 Å². The minimum absolute atomic E-state index is 0.0356. The molecule has 102 valence electrons. The molecule has 0 aliphatic heterocycles. The van der Waals surface area contributed by atoms with Gasteiger partial charge in [-0.2, -0.15) is 5.10 Å². The number of aromatic nitrogens is 3. The Morgan fingerprint density at radius 2 is 2.26 bits per heavy atom. The number of thiazole rings is 1. The second-order valence-electron chi connectivity index (χ2n) is 4.22. The van der Waals surface area contributed by atoms with E-state index in [2.05, 4.69) is 20.5 Å². The van der Waals surface area contributed by atoms with Gasteiger partial charge >= 0.3 is 0 Å². The molecule has 19 heavy (non-hydrogen) atoms. The SMILES string of the molecule is Cc1nc(CSCC(=O)Nc2n[nH]c(C)c2C)cs1. The highest BCUT2D eigenvalue weighted by atomic mass is 32.2. The molecule has 0 aliphatic carbocycles. The summed E-state index contributed by atoms with van der Waals surface area (Å²) in [5.41, 5.74) is 2.99. The van der Waals surface area contributed by atoms with E-state index in [1.165, 1.54) is 0 Å². The number of thioether (sulfide) groups is 1. The standard InChI is InChI=1S/C12H16N4OS2/c1-7-8(2)15-16-12(7)14-11(17)6-18-4-10-5-19-9(3)13-10/h5H,4,6H2,1-3H3,(H2,14,15,16,17). The van der Waals surface area contributed by atoms with Crippen LogP contribution in [0, 0.1) is 20.8 Å². The van der Waals surface area contributed by atoms with Crippen LogP contribution in [0.2, 0.25) is 0 Å². The number of rotatable bonds is 5. The molecule has 0 aliphatic rings. The fraction of sp³-hybridized carbons (Fsp3) is 0.417. The third kappa shape index (κ3) is 3.81. The minimum Gasteiger partial charge on any atom is -0.308 e. The molecule has 0 bridgehead atoms. The van der Waals surface area contributed by atoms with Crippen LogP contribution in [-0.4, -0.2) is 26.8 Å². The summed E-state index contributed by atoms with van der Waals surface area (Å²) in [7, 11) is 0. The van der Waals surface area contributed by atoms with Gasteiger partial charge in [-0.1, -0.05) is 0 Å². The van der Waals surface area contributed by atoms with E-state index in [4.69, 9.17) is 0 Å². The van der Waals surface area contributed by atoms with E-state index in [9.17, 15) is 4.79 Å². The fourth-order valence-corrected chi connectivity index (χ4v) is 2.93. The van der Waals surface area contributed by atoms with E-state index in [1.807, 2.05) is 26.2 Å². The summed E-state index contributed by atoms with van der Waals surface area (Å²) in [5, 5.41) is 12.8. The molecular weight excluding hydrogens is 280 g/mol. The van der Waals surface area contributed by atoms with Gasteiger partial charge in [-0.15, -0.1) is 23.1 Å². The Kier molecular flexibility index (Phi) is 4.60. The average molecular weight is 296 g/mol. The molecule has 0 saturated carbocycles. The number of H-pyrrole nitrogens is 1. The van der Waals surface area contributed by atoms with Crippen LogP contribution in [0.15, 0.2) is 5.38 Å². The Labute approximate surface area is 120 Å². The maximum absolute atomic E-state index is 11.8. The van der Waals surface area contributed by atoms with Crippen LogP contribution in [0.25, 0.3) is 0 Å². The van der Waals surface area contributed by atoms with Crippen molar-refractivity contribution in [3.63, 3.8) is 0 Å². The van der Waals surface area contributed by atoms with Crippen LogP contribution in [-0.2, 0) is 10.5 Å². The highest BCUT2D eigenvalue weighted by Gasteiger charge is 2.09. The van der Waals surface area contributed by atoms with E-state index in [0.29, 0.717) is 11.6 Å². The van der Waals surface area contributed by atoms with Gasteiger partial charge in [-0.05, 0) is 20.8 Å². The Balaban J connectivity index is 1.77. The molecule has 0 saturated heterocycles.